The van der Waals surface area contributed by atoms with Crippen molar-refractivity contribution in [3.8, 4) is 0 Å². The molecule has 1 aliphatic heterocycles. The monoisotopic (exact) mass is 312 g/mol. The summed E-state index contributed by atoms with van der Waals surface area (Å²) in [5, 5.41) is 5.12. The van der Waals surface area contributed by atoms with Gasteiger partial charge in [-0.2, -0.15) is 0 Å². The zero-order valence-electron chi connectivity index (χ0n) is 12.4. The molecule has 2 N–H and O–H groups in total. The Labute approximate surface area is 124 Å². The number of sulfonamides is 1. The number of likely N-dealkylation sites (N-methyl/N-ethyl adjacent to an activating group) is 1. The van der Waals surface area contributed by atoms with Crippen LogP contribution in [0.15, 0.2) is 23.1 Å². The van der Waals surface area contributed by atoms with Gasteiger partial charge in [0, 0.05) is 19.2 Å². The van der Waals surface area contributed by atoms with E-state index in [9.17, 15) is 13.2 Å². The number of nitrogens with two attached hydrogens (primary N) is 1. The van der Waals surface area contributed by atoms with Crippen LogP contribution in [0.2, 0.25) is 0 Å². The van der Waals surface area contributed by atoms with Crippen LogP contribution in [-0.4, -0.2) is 45.0 Å². The van der Waals surface area contributed by atoms with Gasteiger partial charge < -0.3 is 9.64 Å². The predicted octanol–water partition coefficient (Wildman–Crippen LogP) is 0.892. The molecule has 21 heavy (non-hydrogen) atoms. The summed E-state index contributed by atoms with van der Waals surface area (Å²) in [6.07, 6.45) is 0.748. The fourth-order valence-corrected chi connectivity index (χ4v) is 3.12. The summed E-state index contributed by atoms with van der Waals surface area (Å²) in [5.74, 6) is -0.222. The summed E-state index contributed by atoms with van der Waals surface area (Å²) in [4.78, 5) is 14.2. The number of carbonyl (C=O) groups is 1. The van der Waals surface area contributed by atoms with Gasteiger partial charge in [-0.15, -0.1) is 0 Å². The number of hydrogen-bond acceptors (Lipinski definition) is 4. The van der Waals surface area contributed by atoms with E-state index in [1.165, 1.54) is 12.1 Å². The summed E-state index contributed by atoms with van der Waals surface area (Å²) < 4.78 is 28.3. The third kappa shape index (κ3) is 3.25. The number of primary sulfonamides is 1. The summed E-state index contributed by atoms with van der Waals surface area (Å²) >= 11 is 0. The van der Waals surface area contributed by atoms with Gasteiger partial charge >= 0.3 is 0 Å². The van der Waals surface area contributed by atoms with Crippen molar-refractivity contribution in [3.05, 3.63) is 29.3 Å². The van der Waals surface area contributed by atoms with E-state index in [4.69, 9.17) is 9.88 Å². The lowest BCUT2D eigenvalue weighted by atomic mass is 10.1. The van der Waals surface area contributed by atoms with Gasteiger partial charge in [-0.25, -0.2) is 13.6 Å². The number of ether oxygens (including phenoxy) is 1. The van der Waals surface area contributed by atoms with Gasteiger partial charge in [0.05, 0.1) is 17.0 Å². The molecule has 2 unspecified atom stereocenters. The molecule has 0 radical (unpaired) electrons. The van der Waals surface area contributed by atoms with E-state index in [1.807, 2.05) is 6.92 Å². The summed E-state index contributed by atoms with van der Waals surface area (Å²) in [6.45, 7) is 4.32. The van der Waals surface area contributed by atoms with Crippen molar-refractivity contribution in [1.29, 1.82) is 0 Å². The van der Waals surface area contributed by atoms with Gasteiger partial charge in [-0.3, -0.25) is 4.79 Å². The van der Waals surface area contributed by atoms with Crippen molar-refractivity contribution >= 4 is 15.9 Å². The lowest BCUT2D eigenvalue weighted by molar-refractivity contribution is 0.0574. The minimum atomic E-state index is -3.83. The van der Waals surface area contributed by atoms with Gasteiger partial charge in [0.15, 0.2) is 0 Å². The lowest BCUT2D eigenvalue weighted by Gasteiger charge is -2.27. The first-order valence-electron chi connectivity index (χ1n) is 6.74. The second-order valence-electron chi connectivity index (χ2n) is 5.37. The van der Waals surface area contributed by atoms with Crippen LogP contribution in [0.3, 0.4) is 0 Å². The summed E-state index contributed by atoms with van der Waals surface area (Å²) in [6, 6.07) is 4.33. The Hall–Kier alpha value is -1.44. The van der Waals surface area contributed by atoms with Crippen LogP contribution in [0.5, 0.6) is 0 Å². The van der Waals surface area contributed by atoms with Crippen LogP contribution < -0.4 is 5.14 Å². The maximum Gasteiger partial charge on any atom is 0.254 e. The Kier molecular flexibility index (Phi) is 4.36. The molecule has 1 heterocycles. The lowest BCUT2D eigenvalue weighted by Crippen LogP contribution is -2.41. The molecule has 0 bridgehead atoms. The van der Waals surface area contributed by atoms with Gasteiger partial charge in [0.1, 0.15) is 0 Å². The molecular formula is C14H20N2O4S. The first kappa shape index (κ1) is 15.9. The molecule has 0 aromatic heterocycles. The molecule has 1 aliphatic rings. The number of carbonyl (C=O) groups excluding carboxylic acids is 1. The average Bonchev–Trinajstić information content (AvgIpc) is 2.82. The van der Waals surface area contributed by atoms with Crippen LogP contribution in [0, 0.1) is 6.92 Å². The molecule has 0 saturated carbocycles. The van der Waals surface area contributed by atoms with E-state index < -0.39 is 10.0 Å². The molecule has 1 amide bonds. The normalized spacial score (nSPS) is 22.3. The molecular weight excluding hydrogens is 292 g/mol. The highest BCUT2D eigenvalue weighted by Gasteiger charge is 2.31. The molecule has 2 atom stereocenters. The first-order chi connectivity index (χ1) is 9.71. The third-order valence-electron chi connectivity index (χ3n) is 3.92. The first-order valence-corrected chi connectivity index (χ1v) is 8.28. The maximum atomic E-state index is 12.6. The van der Waals surface area contributed by atoms with Gasteiger partial charge in [-0.05, 0) is 38.0 Å². The average molecular weight is 312 g/mol. The molecule has 0 aliphatic carbocycles. The van der Waals surface area contributed by atoms with Crippen molar-refractivity contribution in [2.24, 2.45) is 5.14 Å². The molecule has 6 nitrogen and oxygen atoms in total. The zero-order chi connectivity index (χ0) is 15.8. The van der Waals surface area contributed by atoms with Gasteiger partial charge in [0.2, 0.25) is 10.0 Å². The Bertz CT molecular complexity index is 657. The molecule has 1 aromatic carbocycles. The highest BCUT2D eigenvalue weighted by molar-refractivity contribution is 7.89. The third-order valence-corrected chi connectivity index (χ3v) is 4.83. The molecule has 7 heteroatoms. The van der Waals surface area contributed by atoms with E-state index in [0.29, 0.717) is 17.7 Å². The van der Waals surface area contributed by atoms with Crippen LogP contribution >= 0.6 is 0 Å². The number of aryl methyl sites for hydroxylation is 1. The second-order valence-corrected chi connectivity index (χ2v) is 6.93. The van der Waals surface area contributed by atoms with Gasteiger partial charge in [0.25, 0.3) is 5.91 Å². The van der Waals surface area contributed by atoms with E-state index in [-0.39, 0.29) is 22.9 Å². The van der Waals surface area contributed by atoms with Crippen LogP contribution in [0.1, 0.15) is 29.3 Å². The molecule has 116 valence electrons. The van der Waals surface area contributed by atoms with E-state index in [1.54, 1.807) is 24.9 Å². The Balaban J connectivity index is 2.34. The fraction of sp³-hybridized carbons (Fsp3) is 0.500. The topological polar surface area (TPSA) is 89.7 Å². The molecule has 1 aromatic rings. The van der Waals surface area contributed by atoms with Crippen molar-refractivity contribution in [3.63, 3.8) is 0 Å². The van der Waals surface area contributed by atoms with E-state index >= 15 is 0 Å². The van der Waals surface area contributed by atoms with Crippen LogP contribution in [0.25, 0.3) is 0 Å². The number of nitrogens with zero attached hydrogens (tertiary/aromatic N) is 1. The number of amides is 1. The number of hydrogen-bond donors (Lipinski definition) is 1. The molecule has 1 saturated heterocycles. The van der Waals surface area contributed by atoms with Gasteiger partial charge in [-0.1, -0.05) is 6.07 Å². The Morgan fingerprint density at radius 1 is 1.43 bits per heavy atom. The number of rotatable bonds is 3. The highest BCUT2D eigenvalue weighted by atomic mass is 32.2. The van der Waals surface area contributed by atoms with Crippen LogP contribution in [-0.2, 0) is 14.8 Å². The number of benzene rings is 1. The summed E-state index contributed by atoms with van der Waals surface area (Å²) in [5.41, 5.74) is 1.06. The molecule has 0 spiro atoms. The Morgan fingerprint density at radius 2 is 2.10 bits per heavy atom. The van der Waals surface area contributed by atoms with Crippen LogP contribution in [0.4, 0.5) is 0 Å². The predicted molar refractivity (Wildman–Crippen MR) is 78.5 cm³/mol. The smallest absolute Gasteiger partial charge is 0.254 e. The quantitative estimate of drug-likeness (QED) is 0.897. The van der Waals surface area contributed by atoms with Crippen molar-refractivity contribution < 1.29 is 17.9 Å². The Morgan fingerprint density at radius 3 is 2.62 bits per heavy atom. The zero-order valence-corrected chi connectivity index (χ0v) is 13.2. The second kappa shape index (κ2) is 5.75. The van der Waals surface area contributed by atoms with E-state index in [2.05, 4.69) is 0 Å². The minimum absolute atomic E-state index is 0.00459. The largest absolute Gasteiger partial charge is 0.376 e. The fourth-order valence-electron chi connectivity index (χ4n) is 2.58. The van der Waals surface area contributed by atoms with E-state index in [0.717, 1.165) is 6.42 Å². The van der Waals surface area contributed by atoms with Crippen molar-refractivity contribution in [2.45, 2.75) is 37.3 Å². The minimum Gasteiger partial charge on any atom is -0.376 e. The molecule has 1 fully saturated rings. The maximum absolute atomic E-state index is 12.6. The summed E-state index contributed by atoms with van der Waals surface area (Å²) in [7, 11) is -2.12. The standard InChI is InChI=1S/C14H20N2O4S/c1-9-4-5-11(21(15,18)19)8-12(9)14(17)16(3)13-6-7-20-10(13)2/h4-5,8,10,13H,6-7H2,1-3H3,(H2,15,18,19). The SMILES string of the molecule is Cc1ccc(S(N)(=O)=O)cc1C(=O)N(C)C1CCOC1C. The van der Waals surface area contributed by atoms with Crippen molar-refractivity contribution in [2.75, 3.05) is 13.7 Å². The highest BCUT2D eigenvalue weighted by Crippen LogP contribution is 2.22. The van der Waals surface area contributed by atoms with Crippen molar-refractivity contribution in [1.82, 2.24) is 4.90 Å². The molecule has 2 rings (SSSR count).